The fourth-order valence-corrected chi connectivity index (χ4v) is 5.41. The Morgan fingerprint density at radius 1 is 1.27 bits per heavy atom. The molecule has 7 heteroatoms. The molecular formula is C26H31NO5S. The van der Waals surface area contributed by atoms with Crippen molar-refractivity contribution in [1.82, 2.24) is 0 Å². The van der Waals surface area contributed by atoms with Gasteiger partial charge >= 0.3 is 5.97 Å². The molecule has 2 atom stereocenters. The third-order valence-corrected chi connectivity index (χ3v) is 7.11. The Morgan fingerprint density at radius 3 is 2.67 bits per heavy atom. The minimum Gasteiger partial charge on any atom is -0.493 e. The Morgan fingerprint density at radius 2 is 2.03 bits per heavy atom. The zero-order chi connectivity index (χ0) is 23.3. The van der Waals surface area contributed by atoms with E-state index in [9.17, 15) is 14.1 Å². The van der Waals surface area contributed by atoms with Gasteiger partial charge < -0.3 is 19.3 Å². The summed E-state index contributed by atoms with van der Waals surface area (Å²) in [4.78, 5) is 12.4. The number of nitrogens with one attached hydrogen (secondary N) is 1. The fourth-order valence-electron chi connectivity index (χ4n) is 4.77. The molecule has 3 aliphatic rings. The Hall–Kier alpha value is -2.51. The van der Waals surface area contributed by atoms with Gasteiger partial charge in [0.25, 0.3) is 0 Å². The highest BCUT2D eigenvalue weighted by atomic mass is 32.2. The summed E-state index contributed by atoms with van der Waals surface area (Å²) in [6, 6.07) is 8.06. The maximum atomic E-state index is 12.6. The number of anilines is 1. The summed E-state index contributed by atoms with van der Waals surface area (Å²) in [5.74, 6) is 3.99. The maximum Gasteiger partial charge on any atom is 0.337 e. The lowest BCUT2D eigenvalue weighted by molar-refractivity contribution is -0.151. The van der Waals surface area contributed by atoms with Gasteiger partial charge in [-0.2, -0.15) is 0 Å². The fraction of sp³-hybridized carbons (Fsp3) is 0.462. The highest BCUT2D eigenvalue weighted by molar-refractivity contribution is 8.00. The molecule has 0 saturated heterocycles. The summed E-state index contributed by atoms with van der Waals surface area (Å²) < 4.78 is 27.6. The first-order chi connectivity index (χ1) is 15.7. The summed E-state index contributed by atoms with van der Waals surface area (Å²) in [5, 5.41) is 10.2. The molecule has 1 heterocycles. The first kappa shape index (κ1) is 22.3. The van der Waals surface area contributed by atoms with Gasteiger partial charge in [0.1, 0.15) is 5.75 Å². The molecule has 2 aromatic rings. The molecule has 0 radical (unpaired) electrons. The molecule has 0 spiro atoms. The molecule has 2 N–H and O–H groups in total. The van der Waals surface area contributed by atoms with Crippen molar-refractivity contribution in [2.45, 2.75) is 63.6 Å². The number of aliphatic carboxylic acids is 1. The standard InChI is InChI=1S/C26H31NO5S/c1-15-13-20(27-33(2,3)30)23(16-6-7-16)24(22(15)25(26(28)29)32-19-9-10-19)18-8-11-21-17(14-18)5-4-12-31-21/h8,11,13-14,16,19,25H,2,4-7,9-10,12H2,1,3H3,(H,27,30)(H,28,29). The topological polar surface area (TPSA) is 84.9 Å². The number of carbonyl (C=O) groups is 1. The van der Waals surface area contributed by atoms with Crippen molar-refractivity contribution in [3.05, 3.63) is 46.5 Å². The maximum absolute atomic E-state index is 12.6. The molecule has 1 aliphatic heterocycles. The lowest BCUT2D eigenvalue weighted by atomic mass is 9.84. The van der Waals surface area contributed by atoms with Crippen LogP contribution in [0.25, 0.3) is 11.1 Å². The van der Waals surface area contributed by atoms with Crippen LogP contribution < -0.4 is 9.46 Å². The second-order valence-corrected chi connectivity index (χ2v) is 11.9. The Bertz CT molecular complexity index is 1210. The van der Waals surface area contributed by atoms with E-state index in [1.54, 1.807) is 6.26 Å². The average Bonchev–Trinajstić information content (AvgIpc) is 3.65. The van der Waals surface area contributed by atoms with E-state index < -0.39 is 21.8 Å². The Labute approximate surface area is 195 Å². The molecule has 0 aromatic heterocycles. The summed E-state index contributed by atoms with van der Waals surface area (Å²) >= 11 is 0. The number of hydrogen-bond donors (Lipinski definition) is 2. The van der Waals surface area contributed by atoms with Crippen LogP contribution in [0.4, 0.5) is 5.69 Å². The van der Waals surface area contributed by atoms with Gasteiger partial charge in [-0.25, -0.2) is 9.00 Å². The zero-order valence-corrected chi connectivity index (χ0v) is 20.0. The number of carboxylic acid groups (broad SMARTS) is 1. The van der Waals surface area contributed by atoms with Crippen molar-refractivity contribution in [3.63, 3.8) is 0 Å². The number of carboxylic acids is 1. The molecule has 5 rings (SSSR count). The highest BCUT2D eigenvalue weighted by Gasteiger charge is 2.38. The van der Waals surface area contributed by atoms with Gasteiger partial charge in [0.2, 0.25) is 0 Å². The predicted octanol–water partition coefficient (Wildman–Crippen LogP) is 4.84. The van der Waals surface area contributed by atoms with Crippen LogP contribution in [0.1, 0.15) is 66.4 Å². The molecule has 2 unspecified atom stereocenters. The van der Waals surface area contributed by atoms with Crippen LogP contribution in [0.5, 0.6) is 5.75 Å². The number of ether oxygens (including phenoxy) is 2. The minimum absolute atomic E-state index is 0.00770. The van der Waals surface area contributed by atoms with Crippen molar-refractivity contribution < 1.29 is 23.6 Å². The van der Waals surface area contributed by atoms with Gasteiger partial charge in [-0.15, -0.1) is 0 Å². The summed E-state index contributed by atoms with van der Waals surface area (Å²) in [7, 11) is -2.51. The monoisotopic (exact) mass is 469 g/mol. The largest absolute Gasteiger partial charge is 0.493 e. The van der Waals surface area contributed by atoms with Crippen molar-refractivity contribution in [1.29, 1.82) is 0 Å². The first-order valence-electron chi connectivity index (χ1n) is 11.6. The molecule has 176 valence electrons. The van der Waals surface area contributed by atoms with Gasteiger partial charge in [0.15, 0.2) is 6.10 Å². The van der Waals surface area contributed by atoms with Crippen molar-refractivity contribution in [3.8, 4) is 16.9 Å². The molecular weight excluding hydrogens is 438 g/mol. The molecule has 33 heavy (non-hydrogen) atoms. The number of fused-ring (bicyclic) bond motifs is 1. The highest BCUT2D eigenvalue weighted by Crippen LogP contribution is 2.52. The normalized spacial score (nSPS) is 20.3. The average molecular weight is 470 g/mol. The Kier molecular flexibility index (Phi) is 5.65. The van der Waals surface area contributed by atoms with Crippen LogP contribution in [-0.2, 0) is 25.7 Å². The lowest BCUT2D eigenvalue weighted by Gasteiger charge is -2.27. The molecule has 0 amide bonds. The zero-order valence-electron chi connectivity index (χ0n) is 19.2. The second kappa shape index (κ2) is 8.37. The van der Waals surface area contributed by atoms with Crippen LogP contribution in [0.3, 0.4) is 0 Å². The summed E-state index contributed by atoms with van der Waals surface area (Å²) in [6.45, 7) is 2.63. The summed E-state index contributed by atoms with van der Waals surface area (Å²) in [5.41, 5.74) is 6.30. The van der Waals surface area contributed by atoms with E-state index in [1.165, 1.54) is 0 Å². The van der Waals surface area contributed by atoms with Gasteiger partial charge in [0.05, 0.1) is 18.4 Å². The lowest BCUT2D eigenvalue weighted by Crippen LogP contribution is -2.20. The molecule has 2 saturated carbocycles. The first-order valence-corrected chi connectivity index (χ1v) is 13.8. The van der Waals surface area contributed by atoms with Crippen molar-refractivity contribution in [2.75, 3.05) is 17.6 Å². The van der Waals surface area contributed by atoms with E-state index >= 15 is 0 Å². The van der Waals surface area contributed by atoms with E-state index in [4.69, 9.17) is 9.47 Å². The van der Waals surface area contributed by atoms with Crippen LogP contribution in [0, 0.1) is 6.92 Å². The number of rotatable bonds is 8. The van der Waals surface area contributed by atoms with Gasteiger partial charge in [0, 0.05) is 21.5 Å². The van der Waals surface area contributed by atoms with Gasteiger partial charge in [-0.05, 0) is 103 Å². The van der Waals surface area contributed by atoms with E-state index in [-0.39, 0.29) is 12.0 Å². The Balaban J connectivity index is 1.76. The van der Waals surface area contributed by atoms with Crippen molar-refractivity contribution >= 4 is 27.2 Å². The minimum atomic E-state index is -2.51. The number of aryl methyl sites for hydroxylation is 2. The van der Waals surface area contributed by atoms with Crippen LogP contribution in [0.2, 0.25) is 0 Å². The second-order valence-electron chi connectivity index (χ2n) is 9.65. The summed E-state index contributed by atoms with van der Waals surface area (Å²) in [6.07, 6.45) is 6.23. The molecule has 2 aromatic carbocycles. The smallest absolute Gasteiger partial charge is 0.337 e. The predicted molar refractivity (Wildman–Crippen MR) is 132 cm³/mol. The van der Waals surface area contributed by atoms with Crippen LogP contribution in [-0.4, -0.2) is 40.1 Å². The molecule has 2 aliphatic carbocycles. The third-order valence-electron chi connectivity index (χ3n) is 6.46. The number of hydrogen-bond acceptors (Lipinski definition) is 4. The van der Waals surface area contributed by atoms with E-state index in [2.05, 4.69) is 16.7 Å². The SMILES string of the molecule is C=S(C)(=O)Nc1cc(C)c(C(OC2CC2)C(=O)O)c(-c2ccc3c(c2)CCCO3)c1C1CC1. The van der Waals surface area contributed by atoms with E-state index in [0.717, 1.165) is 77.8 Å². The van der Waals surface area contributed by atoms with E-state index in [1.807, 2.05) is 25.1 Å². The van der Waals surface area contributed by atoms with E-state index in [0.29, 0.717) is 12.2 Å². The molecule has 6 nitrogen and oxygen atoms in total. The van der Waals surface area contributed by atoms with Gasteiger partial charge in [-0.3, -0.25) is 0 Å². The van der Waals surface area contributed by atoms with Gasteiger partial charge in [-0.1, -0.05) is 6.07 Å². The third kappa shape index (κ3) is 4.75. The molecule has 0 bridgehead atoms. The number of benzene rings is 2. The molecule has 2 fully saturated rings. The quantitative estimate of drug-likeness (QED) is 0.540. The van der Waals surface area contributed by atoms with Crippen LogP contribution in [0.15, 0.2) is 24.3 Å². The van der Waals surface area contributed by atoms with Crippen LogP contribution >= 0.6 is 0 Å². The van der Waals surface area contributed by atoms with Crippen molar-refractivity contribution in [2.24, 2.45) is 0 Å².